The third-order valence-corrected chi connectivity index (χ3v) is 14.2. The number of carbonyl (C=O) groups excluding carboxylic acids is 2. The SMILES string of the molecule is CC12CCC(O)CC13C=CC1(C(C(=O)Cc4c(F)cccc4Cl)=C3)C2CCC2(C)C1CCC21CN(CC2CCCO2)C(=O)O1. The van der Waals surface area contributed by atoms with E-state index in [0.717, 1.165) is 63.5 Å². The van der Waals surface area contributed by atoms with Crippen LogP contribution in [0.5, 0.6) is 0 Å². The maximum Gasteiger partial charge on any atom is 0.410 e. The van der Waals surface area contributed by atoms with Gasteiger partial charge in [0.25, 0.3) is 0 Å². The van der Waals surface area contributed by atoms with Crippen LogP contribution in [0.4, 0.5) is 9.18 Å². The highest BCUT2D eigenvalue weighted by Crippen LogP contribution is 2.79. The van der Waals surface area contributed by atoms with Gasteiger partial charge in [0.15, 0.2) is 5.78 Å². The highest BCUT2D eigenvalue weighted by molar-refractivity contribution is 6.31. The number of hydrogen-bond donors (Lipinski definition) is 1. The number of halogens is 2. The number of benzene rings is 1. The number of fused-ring (bicyclic) bond motifs is 2. The summed E-state index contributed by atoms with van der Waals surface area (Å²) in [6, 6.07) is 4.56. The van der Waals surface area contributed by atoms with Crippen molar-refractivity contribution in [2.45, 2.75) is 95.9 Å². The maximum absolute atomic E-state index is 15.0. The van der Waals surface area contributed by atoms with Crippen molar-refractivity contribution >= 4 is 23.5 Å². The highest BCUT2D eigenvalue weighted by Gasteiger charge is 2.76. The number of hydrogen-bond acceptors (Lipinski definition) is 5. The number of Topliss-reactive ketones (excluding diaryl/α,β-unsaturated/α-hetero) is 1. The molecule has 2 aliphatic heterocycles. The Hall–Kier alpha value is -2.22. The molecule has 3 spiro atoms. The number of ether oxygens (including phenoxy) is 2. The van der Waals surface area contributed by atoms with Crippen LogP contribution in [0.1, 0.15) is 77.2 Å². The Balaban J connectivity index is 1.21. The molecule has 6 nitrogen and oxygen atoms in total. The summed E-state index contributed by atoms with van der Waals surface area (Å²) in [5, 5.41) is 11.2. The van der Waals surface area contributed by atoms with Gasteiger partial charge in [-0.15, -0.1) is 0 Å². The van der Waals surface area contributed by atoms with Crippen molar-refractivity contribution in [3.63, 3.8) is 0 Å². The highest BCUT2D eigenvalue weighted by atomic mass is 35.5. The zero-order chi connectivity index (χ0) is 30.7. The molecule has 1 N–H and O–H groups in total. The number of aliphatic hydroxyl groups is 1. The van der Waals surface area contributed by atoms with E-state index in [2.05, 4.69) is 32.1 Å². The second kappa shape index (κ2) is 9.65. The minimum Gasteiger partial charge on any atom is -0.440 e. The van der Waals surface area contributed by atoms with Crippen LogP contribution in [0, 0.1) is 39.3 Å². The molecule has 6 aliphatic carbocycles. The molecule has 1 aromatic rings. The number of aliphatic hydroxyl groups excluding tert-OH is 1. The number of allylic oxidation sites excluding steroid dienone is 4. The maximum atomic E-state index is 15.0. The van der Waals surface area contributed by atoms with Crippen LogP contribution in [0.3, 0.4) is 0 Å². The molecular formula is C36H43ClFNO5. The topological polar surface area (TPSA) is 76.1 Å². The van der Waals surface area contributed by atoms with Gasteiger partial charge in [-0.05, 0) is 87.2 Å². The van der Waals surface area contributed by atoms with Crippen molar-refractivity contribution < 1.29 is 28.6 Å². The normalized spacial score (nSPS) is 45.2. The van der Waals surface area contributed by atoms with E-state index in [0.29, 0.717) is 19.5 Å². The lowest BCUT2D eigenvalue weighted by atomic mass is 9.32. The average molecular weight is 624 g/mol. The van der Waals surface area contributed by atoms with Crippen LogP contribution in [0.2, 0.25) is 5.02 Å². The lowest BCUT2D eigenvalue weighted by molar-refractivity contribution is -0.168. The minimum absolute atomic E-state index is 0.0590. The standard InChI is InChI=1S/C36H43ClFNO5/c1-32-11-8-22(40)18-34(32)14-15-36(25(19-34)28(41)17-24-26(37)6-3-7-27(24)38)29(32)9-12-33(2)30(36)10-13-35(33)21-39(31(42)44-35)20-23-5-4-16-43-23/h3,6-7,14-15,19,22-23,29-30,40H,4-5,8-13,16-18,20-21H2,1-2H3. The van der Waals surface area contributed by atoms with Gasteiger partial charge in [0, 0.05) is 45.4 Å². The monoisotopic (exact) mass is 623 g/mol. The summed E-state index contributed by atoms with van der Waals surface area (Å²) in [5.41, 5.74) is -1.08. The Morgan fingerprint density at radius 2 is 1.86 bits per heavy atom. The van der Waals surface area contributed by atoms with E-state index >= 15 is 4.39 Å². The van der Waals surface area contributed by atoms with E-state index in [-0.39, 0.29) is 57.7 Å². The number of ketones is 1. The summed E-state index contributed by atoms with van der Waals surface area (Å²) in [5.74, 6) is -0.290. The molecule has 8 heteroatoms. The number of carbonyl (C=O) groups is 2. The number of amides is 1. The van der Waals surface area contributed by atoms with Gasteiger partial charge in [0.1, 0.15) is 11.4 Å². The molecule has 44 heavy (non-hydrogen) atoms. The Bertz CT molecular complexity index is 1470. The third-order valence-electron chi connectivity index (χ3n) is 13.8. The molecular weight excluding hydrogens is 581 g/mol. The van der Waals surface area contributed by atoms with Crippen LogP contribution in [-0.2, 0) is 20.7 Å². The molecule has 5 fully saturated rings. The Morgan fingerprint density at radius 1 is 1.09 bits per heavy atom. The van der Waals surface area contributed by atoms with Crippen molar-refractivity contribution in [2.75, 3.05) is 19.7 Å². The fourth-order valence-corrected chi connectivity index (χ4v) is 11.8. The van der Waals surface area contributed by atoms with Gasteiger partial charge in [0.05, 0.1) is 25.3 Å². The summed E-state index contributed by atoms with van der Waals surface area (Å²) >= 11 is 6.44. The van der Waals surface area contributed by atoms with Crippen molar-refractivity contribution in [3.8, 4) is 0 Å². The van der Waals surface area contributed by atoms with Gasteiger partial charge in [-0.25, -0.2) is 9.18 Å². The summed E-state index contributed by atoms with van der Waals surface area (Å²) in [6.45, 7) is 6.53. The molecule has 2 heterocycles. The van der Waals surface area contributed by atoms with E-state index < -0.39 is 28.4 Å². The molecule has 236 valence electrons. The van der Waals surface area contributed by atoms with Crippen LogP contribution in [0.15, 0.2) is 42.0 Å². The fourth-order valence-electron chi connectivity index (χ4n) is 11.6. The Kier molecular flexibility index (Phi) is 6.40. The quantitative estimate of drug-likeness (QED) is 0.364. The molecule has 9 rings (SSSR count). The summed E-state index contributed by atoms with van der Waals surface area (Å²) in [4.78, 5) is 29.8. The van der Waals surface area contributed by atoms with Gasteiger partial charge in [-0.2, -0.15) is 0 Å². The first-order chi connectivity index (χ1) is 21.0. The molecule has 3 saturated carbocycles. The molecule has 0 aromatic heterocycles. The summed E-state index contributed by atoms with van der Waals surface area (Å²) in [7, 11) is 0. The average Bonchev–Trinajstić information content (AvgIpc) is 3.69. The Morgan fingerprint density at radius 3 is 2.64 bits per heavy atom. The number of rotatable bonds is 5. The first kappa shape index (κ1) is 29.2. The summed E-state index contributed by atoms with van der Waals surface area (Å²) in [6.07, 6.45) is 13.7. The molecule has 9 unspecified atom stereocenters. The van der Waals surface area contributed by atoms with Crippen LogP contribution in [-0.4, -0.2) is 59.4 Å². The molecule has 1 amide bonds. The second-order valence-electron chi connectivity index (χ2n) is 15.5. The predicted octanol–water partition coefficient (Wildman–Crippen LogP) is 6.82. The van der Waals surface area contributed by atoms with Gasteiger partial charge >= 0.3 is 6.09 Å². The minimum atomic E-state index is -0.625. The van der Waals surface area contributed by atoms with Crippen molar-refractivity contribution in [1.82, 2.24) is 4.90 Å². The molecule has 0 radical (unpaired) electrons. The van der Waals surface area contributed by atoms with Crippen LogP contribution in [0.25, 0.3) is 0 Å². The zero-order valence-electron chi connectivity index (χ0n) is 25.7. The third kappa shape index (κ3) is 3.66. The van der Waals surface area contributed by atoms with E-state index in [1.165, 1.54) is 6.07 Å². The lowest BCUT2D eigenvalue weighted by Crippen LogP contribution is -2.67. The molecule has 1 aromatic carbocycles. The summed E-state index contributed by atoms with van der Waals surface area (Å²) < 4.78 is 27.3. The van der Waals surface area contributed by atoms with Gasteiger partial charge in [-0.3, -0.25) is 4.79 Å². The van der Waals surface area contributed by atoms with E-state index in [9.17, 15) is 14.7 Å². The molecule has 8 aliphatic rings. The Labute approximate surface area is 264 Å². The lowest BCUT2D eigenvalue weighted by Gasteiger charge is -2.71. The van der Waals surface area contributed by atoms with E-state index in [1.54, 1.807) is 12.1 Å². The van der Waals surface area contributed by atoms with Gasteiger partial charge in [-0.1, -0.05) is 49.7 Å². The first-order valence-corrected chi connectivity index (χ1v) is 17.0. The number of nitrogens with zero attached hydrogens (tertiary/aromatic N) is 1. The second-order valence-corrected chi connectivity index (χ2v) is 15.9. The molecule has 9 atom stereocenters. The first-order valence-electron chi connectivity index (χ1n) is 16.6. The van der Waals surface area contributed by atoms with E-state index in [4.69, 9.17) is 21.1 Å². The van der Waals surface area contributed by atoms with Gasteiger partial charge in [0.2, 0.25) is 0 Å². The molecule has 2 saturated heterocycles. The van der Waals surface area contributed by atoms with Crippen molar-refractivity contribution in [1.29, 1.82) is 0 Å². The van der Waals surface area contributed by atoms with E-state index in [1.807, 2.05) is 4.90 Å². The smallest absolute Gasteiger partial charge is 0.410 e. The fraction of sp³-hybridized carbons (Fsp3) is 0.667. The molecule has 2 bridgehead atoms. The van der Waals surface area contributed by atoms with Crippen molar-refractivity contribution in [3.05, 3.63) is 58.4 Å². The van der Waals surface area contributed by atoms with Crippen molar-refractivity contribution in [2.24, 2.45) is 33.5 Å². The van der Waals surface area contributed by atoms with Crippen LogP contribution < -0.4 is 0 Å². The van der Waals surface area contributed by atoms with Crippen LogP contribution >= 0.6 is 11.6 Å². The zero-order valence-corrected chi connectivity index (χ0v) is 26.5. The van der Waals surface area contributed by atoms with Gasteiger partial charge < -0.3 is 19.5 Å². The predicted molar refractivity (Wildman–Crippen MR) is 163 cm³/mol. The largest absolute Gasteiger partial charge is 0.440 e.